The number of hydrogen-bond donors (Lipinski definition) is 0. The van der Waals surface area contributed by atoms with E-state index in [0.29, 0.717) is 5.75 Å². The van der Waals surface area contributed by atoms with Crippen LogP contribution >= 0.6 is 39.0 Å². The van der Waals surface area contributed by atoms with E-state index in [4.69, 9.17) is 0 Å². The minimum Gasteiger partial charge on any atom is -0.292 e. The smallest absolute Gasteiger partial charge is 0.183 e. The van der Waals surface area contributed by atoms with Crippen molar-refractivity contribution in [1.29, 1.82) is 0 Å². The van der Waals surface area contributed by atoms with Crippen molar-refractivity contribution in [3.63, 3.8) is 0 Å². The molecule has 66 valence electrons. The van der Waals surface area contributed by atoms with Crippen molar-refractivity contribution in [2.75, 3.05) is 11.5 Å². The molecule has 4 heteroatoms. The van der Waals surface area contributed by atoms with Gasteiger partial charge < -0.3 is 0 Å². The molecule has 0 fully saturated rings. The summed E-state index contributed by atoms with van der Waals surface area (Å²) >= 11 is 6.50. The summed E-state index contributed by atoms with van der Waals surface area (Å²) in [7, 11) is 0. The van der Waals surface area contributed by atoms with Crippen LogP contribution < -0.4 is 0 Å². The van der Waals surface area contributed by atoms with Crippen LogP contribution in [-0.4, -0.2) is 17.3 Å². The van der Waals surface area contributed by atoms with E-state index in [9.17, 15) is 4.79 Å². The van der Waals surface area contributed by atoms with Crippen LogP contribution in [0.5, 0.6) is 0 Å². The van der Waals surface area contributed by atoms with Crippen LogP contribution in [0.1, 0.15) is 16.6 Å². The van der Waals surface area contributed by atoms with E-state index in [1.807, 2.05) is 11.4 Å². The molecule has 0 radical (unpaired) electrons. The molecule has 0 unspecified atom stereocenters. The number of rotatable bonds is 4. The van der Waals surface area contributed by atoms with E-state index in [-0.39, 0.29) is 5.78 Å². The summed E-state index contributed by atoms with van der Waals surface area (Å²) in [6, 6.07) is 1.91. The van der Waals surface area contributed by atoms with Crippen molar-refractivity contribution in [3.8, 4) is 0 Å². The molecule has 1 aromatic rings. The standard InChI is InChI=1S/C8H9BrOS2/c1-2-11-5-7(10)8-6(9)3-4-12-8/h3-4H,2,5H2,1H3. The molecular formula is C8H9BrOS2. The molecule has 1 aromatic heterocycles. The number of carbonyl (C=O) groups excluding carboxylic acids is 1. The first kappa shape index (κ1) is 10.3. The molecule has 0 saturated carbocycles. The zero-order chi connectivity index (χ0) is 8.97. The van der Waals surface area contributed by atoms with Crippen LogP contribution in [0.2, 0.25) is 0 Å². The maximum atomic E-state index is 11.4. The first-order valence-corrected chi connectivity index (χ1v) is 6.42. The van der Waals surface area contributed by atoms with Crippen molar-refractivity contribution >= 4 is 44.8 Å². The molecule has 0 atom stereocenters. The Morgan fingerprint density at radius 1 is 1.75 bits per heavy atom. The third-order valence-electron chi connectivity index (χ3n) is 1.31. The Morgan fingerprint density at radius 3 is 3.00 bits per heavy atom. The predicted molar refractivity (Wildman–Crippen MR) is 59.3 cm³/mol. The molecule has 0 aliphatic heterocycles. The number of hydrogen-bond acceptors (Lipinski definition) is 3. The molecule has 0 aliphatic rings. The number of thioether (sulfide) groups is 1. The Bertz CT molecular complexity index is 270. The lowest BCUT2D eigenvalue weighted by Crippen LogP contribution is -2.00. The third-order valence-corrected chi connectivity index (χ3v) is 4.06. The molecule has 1 nitrogen and oxygen atoms in total. The number of Topliss-reactive ketones (excluding diaryl/α,β-unsaturated/α-hetero) is 1. The Kier molecular flexibility index (Phi) is 4.32. The Balaban J connectivity index is 2.59. The van der Waals surface area contributed by atoms with Gasteiger partial charge in [0.2, 0.25) is 0 Å². The summed E-state index contributed by atoms with van der Waals surface area (Å²) in [5.41, 5.74) is 0. The summed E-state index contributed by atoms with van der Waals surface area (Å²) in [6.07, 6.45) is 0. The van der Waals surface area contributed by atoms with Gasteiger partial charge in [0.05, 0.1) is 10.6 Å². The second-order valence-electron chi connectivity index (χ2n) is 2.16. The molecule has 0 aromatic carbocycles. The fraction of sp³-hybridized carbons (Fsp3) is 0.375. The zero-order valence-corrected chi connectivity index (χ0v) is 9.89. The van der Waals surface area contributed by atoms with Gasteiger partial charge >= 0.3 is 0 Å². The van der Waals surface area contributed by atoms with Gasteiger partial charge in [0.1, 0.15) is 0 Å². The molecule has 0 spiro atoms. The monoisotopic (exact) mass is 264 g/mol. The highest BCUT2D eigenvalue weighted by Crippen LogP contribution is 2.24. The highest BCUT2D eigenvalue weighted by molar-refractivity contribution is 9.10. The van der Waals surface area contributed by atoms with Crippen molar-refractivity contribution in [1.82, 2.24) is 0 Å². The van der Waals surface area contributed by atoms with Gasteiger partial charge in [0, 0.05) is 4.47 Å². The van der Waals surface area contributed by atoms with Crippen LogP contribution in [0, 0.1) is 0 Å². The minimum atomic E-state index is 0.226. The Morgan fingerprint density at radius 2 is 2.50 bits per heavy atom. The lowest BCUT2D eigenvalue weighted by Gasteiger charge is -1.96. The average molecular weight is 265 g/mol. The maximum absolute atomic E-state index is 11.4. The van der Waals surface area contributed by atoms with Crippen LogP contribution in [0.15, 0.2) is 15.9 Å². The highest BCUT2D eigenvalue weighted by atomic mass is 79.9. The summed E-state index contributed by atoms with van der Waals surface area (Å²) < 4.78 is 0.925. The highest BCUT2D eigenvalue weighted by Gasteiger charge is 2.10. The van der Waals surface area contributed by atoms with Gasteiger partial charge in [-0.15, -0.1) is 11.3 Å². The minimum absolute atomic E-state index is 0.226. The quantitative estimate of drug-likeness (QED) is 0.776. The van der Waals surface area contributed by atoms with Crippen molar-refractivity contribution in [2.24, 2.45) is 0 Å². The van der Waals surface area contributed by atoms with Gasteiger partial charge in [-0.1, -0.05) is 6.92 Å². The summed E-state index contributed by atoms with van der Waals surface area (Å²) in [5, 5.41) is 1.92. The molecule has 0 saturated heterocycles. The summed E-state index contributed by atoms with van der Waals surface area (Å²) in [4.78, 5) is 12.3. The van der Waals surface area contributed by atoms with E-state index in [0.717, 1.165) is 15.1 Å². The molecule has 1 rings (SSSR count). The van der Waals surface area contributed by atoms with E-state index < -0.39 is 0 Å². The fourth-order valence-electron chi connectivity index (χ4n) is 0.753. The van der Waals surface area contributed by atoms with E-state index in [2.05, 4.69) is 22.9 Å². The Labute approximate surface area is 88.7 Å². The summed E-state index contributed by atoms with van der Waals surface area (Å²) in [6.45, 7) is 2.06. The SMILES string of the molecule is CCSCC(=O)c1sccc1Br. The second kappa shape index (κ2) is 5.04. The van der Waals surface area contributed by atoms with Crippen LogP contribution in [0.25, 0.3) is 0 Å². The molecule has 0 aliphatic carbocycles. The zero-order valence-electron chi connectivity index (χ0n) is 6.67. The van der Waals surface area contributed by atoms with Gasteiger partial charge in [-0.3, -0.25) is 4.79 Å². The van der Waals surface area contributed by atoms with Crippen molar-refractivity contribution in [3.05, 3.63) is 20.8 Å². The first-order valence-electron chi connectivity index (χ1n) is 3.59. The lowest BCUT2D eigenvalue weighted by molar-refractivity contribution is 0.102. The fourth-order valence-corrected chi connectivity index (χ4v) is 2.91. The number of carbonyl (C=O) groups is 1. The Hall–Kier alpha value is 0.200. The maximum Gasteiger partial charge on any atom is 0.183 e. The number of halogens is 1. The van der Waals surface area contributed by atoms with E-state index >= 15 is 0 Å². The number of thiophene rings is 1. The molecule has 1 heterocycles. The summed E-state index contributed by atoms with van der Waals surface area (Å²) in [5.74, 6) is 1.81. The van der Waals surface area contributed by atoms with Gasteiger partial charge in [-0.2, -0.15) is 11.8 Å². The first-order chi connectivity index (χ1) is 5.75. The molecule has 0 bridgehead atoms. The molecule has 12 heavy (non-hydrogen) atoms. The topological polar surface area (TPSA) is 17.1 Å². The van der Waals surface area contributed by atoms with Crippen LogP contribution in [0.4, 0.5) is 0 Å². The molecule has 0 amide bonds. The largest absolute Gasteiger partial charge is 0.292 e. The van der Waals surface area contributed by atoms with Crippen LogP contribution in [0.3, 0.4) is 0 Å². The van der Waals surface area contributed by atoms with Crippen molar-refractivity contribution in [2.45, 2.75) is 6.92 Å². The van der Waals surface area contributed by atoms with Gasteiger partial charge in [0.15, 0.2) is 5.78 Å². The molecule has 0 N–H and O–H groups in total. The van der Waals surface area contributed by atoms with Gasteiger partial charge in [-0.25, -0.2) is 0 Å². The van der Waals surface area contributed by atoms with Crippen molar-refractivity contribution < 1.29 is 4.79 Å². The van der Waals surface area contributed by atoms with E-state index in [1.54, 1.807) is 11.8 Å². The average Bonchev–Trinajstić information content (AvgIpc) is 2.47. The predicted octanol–water partition coefficient (Wildman–Crippen LogP) is 3.45. The molecular weight excluding hydrogens is 256 g/mol. The second-order valence-corrected chi connectivity index (χ2v) is 5.20. The van der Waals surface area contributed by atoms with Gasteiger partial charge in [0.25, 0.3) is 0 Å². The normalized spacial score (nSPS) is 10.2. The van der Waals surface area contributed by atoms with Crippen LogP contribution in [-0.2, 0) is 0 Å². The third kappa shape index (κ3) is 2.61. The van der Waals surface area contributed by atoms with Gasteiger partial charge in [-0.05, 0) is 33.1 Å². The number of ketones is 1. The lowest BCUT2D eigenvalue weighted by atomic mass is 10.3. The van der Waals surface area contributed by atoms with E-state index in [1.165, 1.54) is 11.3 Å².